The van der Waals surface area contributed by atoms with Crippen LogP contribution in [0.1, 0.15) is 46.1 Å². The third kappa shape index (κ3) is 4.40. The second-order valence-electron chi connectivity index (χ2n) is 4.93. The average molecular weight is 222 g/mol. The van der Waals surface area contributed by atoms with Crippen LogP contribution in [0.3, 0.4) is 0 Å². The van der Waals surface area contributed by atoms with Crippen molar-refractivity contribution in [2.45, 2.75) is 59.7 Å². The van der Waals surface area contributed by atoms with E-state index < -0.39 is 0 Å². The first-order valence-corrected chi connectivity index (χ1v) is 6.53. The van der Waals surface area contributed by atoms with E-state index in [1.54, 1.807) is 0 Å². The van der Waals surface area contributed by atoms with Gasteiger partial charge in [0, 0.05) is 31.5 Å². The molecule has 2 nitrogen and oxygen atoms in total. The van der Waals surface area contributed by atoms with Crippen molar-refractivity contribution in [3.8, 4) is 0 Å². The first kappa shape index (κ1) is 13.3. The molecule has 0 aliphatic heterocycles. The van der Waals surface area contributed by atoms with E-state index in [2.05, 4.69) is 56.0 Å². The SMILES string of the molecule is CCC(CC)Cn1ccc(CNC(C)C)c1. The molecular weight excluding hydrogens is 196 g/mol. The van der Waals surface area contributed by atoms with Gasteiger partial charge in [0.25, 0.3) is 0 Å². The number of hydrogen-bond donors (Lipinski definition) is 1. The summed E-state index contributed by atoms with van der Waals surface area (Å²) >= 11 is 0. The summed E-state index contributed by atoms with van der Waals surface area (Å²) in [7, 11) is 0. The van der Waals surface area contributed by atoms with Gasteiger partial charge < -0.3 is 9.88 Å². The summed E-state index contributed by atoms with van der Waals surface area (Å²) in [4.78, 5) is 0. The Morgan fingerprint density at radius 3 is 2.50 bits per heavy atom. The van der Waals surface area contributed by atoms with Gasteiger partial charge >= 0.3 is 0 Å². The fourth-order valence-electron chi connectivity index (χ4n) is 1.88. The summed E-state index contributed by atoms with van der Waals surface area (Å²) < 4.78 is 2.33. The van der Waals surface area contributed by atoms with E-state index in [9.17, 15) is 0 Å². The van der Waals surface area contributed by atoms with Crippen LogP contribution in [0.5, 0.6) is 0 Å². The van der Waals surface area contributed by atoms with Gasteiger partial charge in [-0.15, -0.1) is 0 Å². The van der Waals surface area contributed by atoms with Crippen molar-refractivity contribution in [3.05, 3.63) is 24.0 Å². The van der Waals surface area contributed by atoms with Crippen LogP contribution in [-0.4, -0.2) is 10.6 Å². The van der Waals surface area contributed by atoms with Crippen molar-refractivity contribution in [2.75, 3.05) is 0 Å². The lowest BCUT2D eigenvalue weighted by atomic mass is 10.0. The molecule has 0 saturated heterocycles. The van der Waals surface area contributed by atoms with E-state index in [4.69, 9.17) is 0 Å². The van der Waals surface area contributed by atoms with E-state index in [0.717, 1.165) is 19.0 Å². The molecule has 0 atom stereocenters. The normalized spacial score (nSPS) is 11.6. The number of hydrogen-bond acceptors (Lipinski definition) is 1. The van der Waals surface area contributed by atoms with Gasteiger partial charge in [-0.2, -0.15) is 0 Å². The number of rotatable bonds is 7. The van der Waals surface area contributed by atoms with Crippen molar-refractivity contribution in [1.82, 2.24) is 9.88 Å². The zero-order valence-corrected chi connectivity index (χ0v) is 11.2. The molecule has 2 heteroatoms. The Bertz CT molecular complexity index is 285. The number of nitrogens with zero attached hydrogens (tertiary/aromatic N) is 1. The Hall–Kier alpha value is -0.760. The summed E-state index contributed by atoms with van der Waals surface area (Å²) in [6, 6.07) is 2.78. The first-order valence-electron chi connectivity index (χ1n) is 6.53. The summed E-state index contributed by atoms with van der Waals surface area (Å²) in [6.45, 7) is 11.1. The van der Waals surface area contributed by atoms with E-state index >= 15 is 0 Å². The molecule has 1 rings (SSSR count). The van der Waals surface area contributed by atoms with Crippen LogP contribution in [0.15, 0.2) is 18.5 Å². The van der Waals surface area contributed by atoms with E-state index in [1.165, 1.54) is 18.4 Å². The molecule has 0 amide bonds. The molecule has 0 unspecified atom stereocenters. The lowest BCUT2D eigenvalue weighted by Gasteiger charge is -2.12. The maximum atomic E-state index is 3.44. The van der Waals surface area contributed by atoms with Gasteiger partial charge in [0.05, 0.1) is 0 Å². The van der Waals surface area contributed by atoms with E-state index in [0.29, 0.717) is 6.04 Å². The molecule has 0 aliphatic carbocycles. The molecule has 1 aromatic heterocycles. The van der Waals surface area contributed by atoms with Crippen molar-refractivity contribution in [2.24, 2.45) is 5.92 Å². The number of nitrogens with one attached hydrogen (secondary N) is 1. The van der Waals surface area contributed by atoms with Crippen LogP contribution in [0.25, 0.3) is 0 Å². The average Bonchev–Trinajstić information content (AvgIpc) is 2.70. The second-order valence-corrected chi connectivity index (χ2v) is 4.93. The minimum atomic E-state index is 0.558. The minimum absolute atomic E-state index is 0.558. The smallest absolute Gasteiger partial charge is 0.0247 e. The summed E-state index contributed by atoms with van der Waals surface area (Å²) in [6.07, 6.45) is 7.02. The molecule has 92 valence electrons. The predicted octanol–water partition coefficient (Wildman–Crippen LogP) is 3.42. The molecule has 0 spiro atoms. The third-order valence-corrected chi connectivity index (χ3v) is 3.15. The monoisotopic (exact) mass is 222 g/mol. The van der Waals surface area contributed by atoms with Crippen molar-refractivity contribution >= 4 is 0 Å². The summed E-state index contributed by atoms with van der Waals surface area (Å²) in [5, 5.41) is 3.44. The van der Waals surface area contributed by atoms with Crippen LogP contribution in [0.2, 0.25) is 0 Å². The lowest BCUT2D eigenvalue weighted by molar-refractivity contribution is 0.419. The highest BCUT2D eigenvalue weighted by Crippen LogP contribution is 2.12. The molecule has 0 fully saturated rings. The maximum Gasteiger partial charge on any atom is 0.0247 e. The van der Waals surface area contributed by atoms with Crippen LogP contribution in [-0.2, 0) is 13.1 Å². The van der Waals surface area contributed by atoms with Gasteiger partial charge in [-0.05, 0) is 17.5 Å². The largest absolute Gasteiger partial charge is 0.354 e. The van der Waals surface area contributed by atoms with Crippen LogP contribution in [0.4, 0.5) is 0 Å². The molecule has 0 aromatic carbocycles. The third-order valence-electron chi connectivity index (χ3n) is 3.15. The Balaban J connectivity index is 2.44. The zero-order valence-electron chi connectivity index (χ0n) is 11.2. The van der Waals surface area contributed by atoms with Crippen molar-refractivity contribution in [3.63, 3.8) is 0 Å². The van der Waals surface area contributed by atoms with Crippen molar-refractivity contribution < 1.29 is 0 Å². The summed E-state index contributed by atoms with van der Waals surface area (Å²) in [5.74, 6) is 0.818. The Morgan fingerprint density at radius 2 is 1.94 bits per heavy atom. The maximum absolute atomic E-state index is 3.44. The molecule has 0 radical (unpaired) electrons. The molecule has 1 heterocycles. The standard InChI is InChI=1S/C14H26N2/c1-5-13(6-2)10-16-8-7-14(11-16)9-15-12(3)4/h7-8,11-13,15H,5-6,9-10H2,1-4H3. The highest BCUT2D eigenvalue weighted by Gasteiger charge is 2.05. The highest BCUT2D eigenvalue weighted by atomic mass is 15.0. The molecule has 0 bridgehead atoms. The van der Waals surface area contributed by atoms with Gasteiger partial charge in [-0.25, -0.2) is 0 Å². The van der Waals surface area contributed by atoms with Gasteiger partial charge in [-0.3, -0.25) is 0 Å². The molecule has 16 heavy (non-hydrogen) atoms. The van der Waals surface area contributed by atoms with Crippen molar-refractivity contribution in [1.29, 1.82) is 0 Å². The van der Waals surface area contributed by atoms with Crippen LogP contribution >= 0.6 is 0 Å². The fourth-order valence-corrected chi connectivity index (χ4v) is 1.88. The topological polar surface area (TPSA) is 17.0 Å². The molecule has 0 saturated carbocycles. The Labute approximate surface area is 100 Å². The Kier molecular flexibility index (Phi) is 5.61. The van der Waals surface area contributed by atoms with Gasteiger partial charge in [0.1, 0.15) is 0 Å². The fraction of sp³-hybridized carbons (Fsp3) is 0.714. The predicted molar refractivity (Wildman–Crippen MR) is 70.5 cm³/mol. The van der Waals surface area contributed by atoms with Crippen LogP contribution < -0.4 is 5.32 Å². The van der Waals surface area contributed by atoms with Gasteiger partial charge in [0.2, 0.25) is 0 Å². The van der Waals surface area contributed by atoms with Gasteiger partial charge in [0.15, 0.2) is 0 Å². The number of aromatic nitrogens is 1. The molecular formula is C14H26N2. The van der Waals surface area contributed by atoms with Crippen LogP contribution in [0, 0.1) is 5.92 Å². The molecule has 1 aromatic rings. The quantitative estimate of drug-likeness (QED) is 0.748. The highest BCUT2D eigenvalue weighted by molar-refractivity contribution is 5.10. The molecule has 0 aliphatic rings. The minimum Gasteiger partial charge on any atom is -0.354 e. The molecule has 1 N–H and O–H groups in total. The summed E-state index contributed by atoms with van der Waals surface area (Å²) in [5.41, 5.74) is 1.39. The Morgan fingerprint density at radius 1 is 1.25 bits per heavy atom. The lowest BCUT2D eigenvalue weighted by Crippen LogP contribution is -2.21. The van der Waals surface area contributed by atoms with E-state index in [-0.39, 0.29) is 0 Å². The van der Waals surface area contributed by atoms with E-state index in [1.807, 2.05) is 0 Å². The van der Waals surface area contributed by atoms with Gasteiger partial charge in [-0.1, -0.05) is 40.5 Å². The second kappa shape index (κ2) is 6.74. The zero-order chi connectivity index (χ0) is 12.0. The first-order chi connectivity index (χ1) is 7.65.